The van der Waals surface area contributed by atoms with Gasteiger partial charge in [-0.05, 0) is 6.07 Å². The van der Waals surface area contributed by atoms with E-state index in [4.69, 9.17) is 5.11 Å². The number of benzene rings is 1. The van der Waals surface area contributed by atoms with Gasteiger partial charge in [-0.3, -0.25) is 4.79 Å². The van der Waals surface area contributed by atoms with Crippen molar-refractivity contribution in [3.8, 4) is 11.5 Å². The van der Waals surface area contributed by atoms with Gasteiger partial charge in [-0.2, -0.15) is 0 Å². The second kappa shape index (κ2) is 6.86. The first-order chi connectivity index (χ1) is 8.50. The number of phenolic OH excluding ortho intramolecular Hbond substituents is 2. The topological polar surface area (TPSA) is 81.6 Å². The molecule has 18 heavy (non-hydrogen) atoms. The zero-order valence-electron chi connectivity index (χ0n) is 10.7. The van der Waals surface area contributed by atoms with Crippen molar-refractivity contribution in [3.05, 3.63) is 23.8 Å². The Kier molecular flexibility index (Phi) is 5.45. The molecule has 5 heteroatoms. The standard InChI is InChI=1S/C13H20N2O3/c1-9(2)13(18)15-6-5-14-8-10-3-4-11(16)7-12(10)17/h3-4,7,9,14,16-17H,5-6,8H2,1-2H3,(H,15,18). The summed E-state index contributed by atoms with van der Waals surface area (Å²) in [5, 5.41) is 24.6. The largest absolute Gasteiger partial charge is 0.508 e. The van der Waals surface area contributed by atoms with Crippen LogP contribution in [0.2, 0.25) is 0 Å². The molecular weight excluding hydrogens is 232 g/mol. The van der Waals surface area contributed by atoms with E-state index in [1.165, 1.54) is 12.1 Å². The molecule has 0 saturated carbocycles. The van der Waals surface area contributed by atoms with Gasteiger partial charge in [0, 0.05) is 37.2 Å². The van der Waals surface area contributed by atoms with E-state index in [1.807, 2.05) is 13.8 Å². The van der Waals surface area contributed by atoms with E-state index in [0.29, 0.717) is 25.2 Å². The van der Waals surface area contributed by atoms with E-state index in [-0.39, 0.29) is 23.3 Å². The summed E-state index contributed by atoms with van der Waals surface area (Å²) in [4.78, 5) is 11.3. The molecule has 4 N–H and O–H groups in total. The van der Waals surface area contributed by atoms with Crippen LogP contribution in [0, 0.1) is 5.92 Å². The predicted octanol–water partition coefficient (Wildman–Crippen LogP) is 0.960. The summed E-state index contributed by atoms with van der Waals surface area (Å²) in [6, 6.07) is 4.49. The van der Waals surface area contributed by atoms with Gasteiger partial charge in [0.2, 0.25) is 5.91 Å². The molecular formula is C13H20N2O3. The fourth-order valence-corrected chi connectivity index (χ4v) is 1.40. The Bertz CT molecular complexity index is 405. The molecule has 1 aromatic rings. The van der Waals surface area contributed by atoms with Crippen molar-refractivity contribution >= 4 is 5.91 Å². The number of amides is 1. The van der Waals surface area contributed by atoms with Crippen molar-refractivity contribution in [1.82, 2.24) is 10.6 Å². The molecule has 1 aromatic carbocycles. The van der Waals surface area contributed by atoms with Gasteiger partial charge in [-0.25, -0.2) is 0 Å². The summed E-state index contributed by atoms with van der Waals surface area (Å²) >= 11 is 0. The molecule has 0 bridgehead atoms. The Balaban J connectivity index is 2.24. The third-order valence-corrected chi connectivity index (χ3v) is 2.51. The van der Waals surface area contributed by atoms with Crippen LogP contribution in [0.4, 0.5) is 0 Å². The van der Waals surface area contributed by atoms with Gasteiger partial charge >= 0.3 is 0 Å². The molecule has 0 radical (unpaired) electrons. The molecule has 1 rings (SSSR count). The number of hydrogen-bond acceptors (Lipinski definition) is 4. The van der Waals surface area contributed by atoms with Gasteiger partial charge in [-0.15, -0.1) is 0 Å². The van der Waals surface area contributed by atoms with E-state index < -0.39 is 0 Å². The lowest BCUT2D eigenvalue weighted by Gasteiger charge is -2.09. The number of phenols is 2. The minimum Gasteiger partial charge on any atom is -0.508 e. The maximum absolute atomic E-state index is 11.3. The second-order valence-electron chi connectivity index (χ2n) is 4.44. The molecule has 5 nitrogen and oxygen atoms in total. The van der Waals surface area contributed by atoms with E-state index in [2.05, 4.69) is 10.6 Å². The quantitative estimate of drug-likeness (QED) is 0.568. The molecule has 0 aliphatic rings. The lowest BCUT2D eigenvalue weighted by molar-refractivity contribution is -0.123. The molecule has 0 spiro atoms. The van der Waals surface area contributed by atoms with Crippen molar-refractivity contribution in [2.45, 2.75) is 20.4 Å². The van der Waals surface area contributed by atoms with Crippen LogP contribution in [-0.4, -0.2) is 29.2 Å². The summed E-state index contributed by atoms with van der Waals surface area (Å²) in [5.41, 5.74) is 0.711. The number of rotatable bonds is 6. The fourth-order valence-electron chi connectivity index (χ4n) is 1.40. The van der Waals surface area contributed by atoms with E-state index in [1.54, 1.807) is 6.07 Å². The normalized spacial score (nSPS) is 10.6. The maximum atomic E-state index is 11.3. The van der Waals surface area contributed by atoms with Crippen molar-refractivity contribution in [2.24, 2.45) is 5.92 Å². The molecule has 0 unspecified atom stereocenters. The Labute approximate surface area is 107 Å². The maximum Gasteiger partial charge on any atom is 0.222 e. The molecule has 0 fully saturated rings. The van der Waals surface area contributed by atoms with Crippen LogP contribution in [0.25, 0.3) is 0 Å². The fraction of sp³-hybridized carbons (Fsp3) is 0.462. The van der Waals surface area contributed by atoms with Crippen LogP contribution >= 0.6 is 0 Å². The SMILES string of the molecule is CC(C)C(=O)NCCNCc1ccc(O)cc1O. The highest BCUT2D eigenvalue weighted by molar-refractivity contribution is 5.77. The monoisotopic (exact) mass is 252 g/mol. The van der Waals surface area contributed by atoms with Crippen LogP contribution in [0.1, 0.15) is 19.4 Å². The molecule has 1 amide bonds. The highest BCUT2D eigenvalue weighted by atomic mass is 16.3. The number of nitrogens with one attached hydrogen (secondary N) is 2. The van der Waals surface area contributed by atoms with Crippen LogP contribution in [0.15, 0.2) is 18.2 Å². The van der Waals surface area contributed by atoms with Gasteiger partial charge in [-0.1, -0.05) is 19.9 Å². The zero-order valence-corrected chi connectivity index (χ0v) is 10.7. The van der Waals surface area contributed by atoms with Crippen molar-refractivity contribution in [2.75, 3.05) is 13.1 Å². The minimum absolute atomic E-state index is 0.00820. The predicted molar refractivity (Wildman–Crippen MR) is 69.3 cm³/mol. The van der Waals surface area contributed by atoms with Crippen LogP contribution in [0.3, 0.4) is 0 Å². The Morgan fingerprint density at radius 2 is 2.00 bits per heavy atom. The molecule has 100 valence electrons. The summed E-state index contributed by atoms with van der Waals surface area (Å²) in [5.74, 6) is 0.129. The van der Waals surface area contributed by atoms with E-state index in [9.17, 15) is 9.90 Å². The Hall–Kier alpha value is -1.75. The average molecular weight is 252 g/mol. The third kappa shape index (κ3) is 4.63. The lowest BCUT2D eigenvalue weighted by atomic mass is 10.2. The molecule has 0 atom stereocenters. The number of aromatic hydroxyl groups is 2. The van der Waals surface area contributed by atoms with Gasteiger partial charge in [0.25, 0.3) is 0 Å². The van der Waals surface area contributed by atoms with E-state index >= 15 is 0 Å². The first-order valence-electron chi connectivity index (χ1n) is 6.00. The van der Waals surface area contributed by atoms with Gasteiger partial charge in [0.15, 0.2) is 0 Å². The van der Waals surface area contributed by atoms with Gasteiger partial charge in [0.05, 0.1) is 0 Å². The minimum atomic E-state index is -0.00820. The summed E-state index contributed by atoms with van der Waals surface area (Å²) in [6.45, 7) is 5.35. The first-order valence-corrected chi connectivity index (χ1v) is 6.00. The summed E-state index contributed by atoms with van der Waals surface area (Å²) in [6.07, 6.45) is 0. The molecule has 0 aliphatic carbocycles. The van der Waals surface area contributed by atoms with Crippen molar-refractivity contribution in [3.63, 3.8) is 0 Å². The zero-order chi connectivity index (χ0) is 13.5. The van der Waals surface area contributed by atoms with Crippen LogP contribution in [0.5, 0.6) is 11.5 Å². The van der Waals surface area contributed by atoms with E-state index in [0.717, 1.165) is 0 Å². The lowest BCUT2D eigenvalue weighted by Crippen LogP contribution is -2.34. The number of hydrogen-bond donors (Lipinski definition) is 4. The van der Waals surface area contributed by atoms with Crippen molar-refractivity contribution in [1.29, 1.82) is 0 Å². The first kappa shape index (κ1) is 14.3. The smallest absolute Gasteiger partial charge is 0.222 e. The summed E-state index contributed by atoms with van der Waals surface area (Å²) in [7, 11) is 0. The number of carbonyl (C=O) groups excluding carboxylic acids is 1. The highest BCUT2D eigenvalue weighted by Crippen LogP contribution is 2.21. The highest BCUT2D eigenvalue weighted by Gasteiger charge is 2.05. The molecule has 0 saturated heterocycles. The Morgan fingerprint density at radius 1 is 1.28 bits per heavy atom. The second-order valence-corrected chi connectivity index (χ2v) is 4.44. The molecule has 0 heterocycles. The third-order valence-electron chi connectivity index (χ3n) is 2.51. The number of carbonyl (C=O) groups is 1. The van der Waals surface area contributed by atoms with Crippen molar-refractivity contribution < 1.29 is 15.0 Å². The molecule has 0 aromatic heterocycles. The Morgan fingerprint density at radius 3 is 2.61 bits per heavy atom. The molecule has 0 aliphatic heterocycles. The average Bonchev–Trinajstić information content (AvgIpc) is 2.30. The van der Waals surface area contributed by atoms with Gasteiger partial charge in [0.1, 0.15) is 11.5 Å². The van der Waals surface area contributed by atoms with Crippen LogP contribution in [-0.2, 0) is 11.3 Å². The summed E-state index contributed by atoms with van der Waals surface area (Å²) < 4.78 is 0. The van der Waals surface area contributed by atoms with Crippen LogP contribution < -0.4 is 10.6 Å². The van der Waals surface area contributed by atoms with Gasteiger partial charge < -0.3 is 20.8 Å².